The van der Waals surface area contributed by atoms with Gasteiger partial charge in [0.1, 0.15) is 6.54 Å². The van der Waals surface area contributed by atoms with E-state index < -0.39 is 0 Å². The quantitative estimate of drug-likeness (QED) is 0.442. The normalized spacial score (nSPS) is 10.3. The van der Waals surface area contributed by atoms with Crippen LogP contribution in [0.4, 0.5) is 0 Å². The molecule has 0 aliphatic rings. The molecule has 0 aliphatic heterocycles. The summed E-state index contributed by atoms with van der Waals surface area (Å²) in [6, 6.07) is 10.4. The van der Waals surface area contributed by atoms with E-state index in [1.165, 1.54) is 11.6 Å². The minimum Gasteiger partial charge on any atom is -0.324 e. The lowest BCUT2D eigenvalue weighted by molar-refractivity contribution is -0.903. The fourth-order valence-electron chi connectivity index (χ4n) is 1.67. The van der Waals surface area contributed by atoms with Crippen molar-refractivity contribution in [2.75, 3.05) is 26.5 Å². The molecule has 3 heteroatoms. The lowest BCUT2D eigenvalue weighted by atomic mass is 10.2. The summed E-state index contributed by atoms with van der Waals surface area (Å²) in [5.74, 6) is 0.847. The van der Waals surface area contributed by atoms with Crippen LogP contribution in [0, 0.1) is 0 Å². The number of ketones is 1. The molecule has 0 fully saturated rings. The first-order chi connectivity index (χ1) is 8.95. The fraction of sp³-hybridized carbons (Fsp3) is 0.438. The number of quaternary nitrogens is 1. The zero-order valence-electron chi connectivity index (χ0n) is 12.2. The Hall–Kier alpha value is -1.12. The summed E-state index contributed by atoms with van der Waals surface area (Å²) >= 11 is 5.00. The van der Waals surface area contributed by atoms with Crippen molar-refractivity contribution in [2.45, 2.75) is 19.9 Å². The highest BCUT2D eigenvalue weighted by Crippen LogP contribution is 2.09. The smallest absolute Gasteiger partial charge is 0.160 e. The van der Waals surface area contributed by atoms with Crippen LogP contribution in [0.2, 0.25) is 0 Å². The molecule has 19 heavy (non-hydrogen) atoms. The summed E-state index contributed by atoms with van der Waals surface area (Å²) in [5.41, 5.74) is 1.30. The highest BCUT2D eigenvalue weighted by atomic mass is 35.5. The van der Waals surface area contributed by atoms with Gasteiger partial charge in [0.2, 0.25) is 0 Å². The lowest BCUT2D eigenvalue weighted by Crippen LogP contribution is -2.40. The largest absolute Gasteiger partial charge is 0.324 e. The Morgan fingerprint density at radius 3 is 2.32 bits per heavy atom. The molecule has 0 unspecified atom stereocenters. The molecule has 0 heterocycles. The molecule has 0 atom stereocenters. The summed E-state index contributed by atoms with van der Waals surface area (Å²) in [7, 11) is 4.28. The van der Waals surface area contributed by atoms with Crippen LogP contribution >= 0.6 is 11.6 Å². The van der Waals surface area contributed by atoms with Crippen LogP contribution in [0.25, 0.3) is 0 Å². The van der Waals surface area contributed by atoms with Gasteiger partial charge in [0.15, 0.2) is 5.78 Å². The van der Waals surface area contributed by atoms with E-state index in [2.05, 4.69) is 32.8 Å². The van der Waals surface area contributed by atoms with Gasteiger partial charge in [-0.1, -0.05) is 43.8 Å². The van der Waals surface area contributed by atoms with Crippen molar-refractivity contribution in [1.29, 1.82) is 0 Å². The molecular weight excluding hydrogens is 258 g/mol. The average molecular weight is 283 g/mol. The average Bonchev–Trinajstić information content (AvgIpc) is 2.37. The molecule has 0 spiro atoms. The predicted octanol–water partition coefficient (Wildman–Crippen LogP) is 3.65. The van der Waals surface area contributed by atoms with Gasteiger partial charge in [-0.05, 0) is 6.08 Å². The van der Waals surface area contributed by atoms with Gasteiger partial charge in [0, 0.05) is 11.4 Å². The third-order valence-electron chi connectivity index (χ3n) is 2.64. The Morgan fingerprint density at radius 2 is 1.84 bits per heavy atom. The Balaban J connectivity index is 0.000000982. The SMILES string of the molecule is C=CC(=O)CC[N+](C)(C)Cc1ccccc1.CCCl. The third kappa shape index (κ3) is 9.46. The number of nitrogens with zero attached hydrogens (tertiary/aromatic N) is 1. The van der Waals surface area contributed by atoms with Crippen LogP contribution < -0.4 is 0 Å². The maximum absolute atomic E-state index is 11.2. The maximum atomic E-state index is 11.2. The van der Waals surface area contributed by atoms with Crippen molar-refractivity contribution in [1.82, 2.24) is 0 Å². The van der Waals surface area contributed by atoms with Crippen LogP contribution in [0.3, 0.4) is 0 Å². The topological polar surface area (TPSA) is 17.1 Å². The van der Waals surface area contributed by atoms with Crippen LogP contribution in [0.1, 0.15) is 18.9 Å². The molecule has 1 aromatic carbocycles. The van der Waals surface area contributed by atoms with E-state index in [0.717, 1.165) is 23.5 Å². The monoisotopic (exact) mass is 282 g/mol. The molecule has 0 aliphatic carbocycles. The number of benzene rings is 1. The van der Waals surface area contributed by atoms with E-state index in [-0.39, 0.29) is 5.78 Å². The molecule has 2 nitrogen and oxygen atoms in total. The van der Waals surface area contributed by atoms with Gasteiger partial charge < -0.3 is 4.48 Å². The van der Waals surface area contributed by atoms with Crippen molar-refractivity contribution in [3.8, 4) is 0 Å². The Labute approximate surface area is 122 Å². The zero-order valence-corrected chi connectivity index (χ0v) is 13.0. The van der Waals surface area contributed by atoms with Gasteiger partial charge in [-0.15, -0.1) is 11.6 Å². The molecule has 0 N–H and O–H groups in total. The highest BCUT2D eigenvalue weighted by molar-refractivity contribution is 6.17. The summed E-state index contributed by atoms with van der Waals surface area (Å²) in [6.45, 7) is 7.18. The molecule has 0 bridgehead atoms. The number of hydrogen-bond donors (Lipinski definition) is 0. The molecule has 0 aromatic heterocycles. The number of alkyl halides is 1. The Morgan fingerprint density at radius 1 is 1.32 bits per heavy atom. The molecule has 106 valence electrons. The van der Waals surface area contributed by atoms with Crippen molar-refractivity contribution in [3.63, 3.8) is 0 Å². The summed E-state index contributed by atoms with van der Waals surface area (Å²) in [4.78, 5) is 11.2. The summed E-state index contributed by atoms with van der Waals surface area (Å²) in [5, 5.41) is 0. The lowest BCUT2D eigenvalue weighted by Gasteiger charge is -2.29. The van der Waals surface area contributed by atoms with Gasteiger partial charge in [-0.25, -0.2) is 0 Å². The van der Waals surface area contributed by atoms with Crippen molar-refractivity contribution in [3.05, 3.63) is 48.6 Å². The first-order valence-electron chi connectivity index (χ1n) is 6.52. The van der Waals surface area contributed by atoms with E-state index in [4.69, 9.17) is 11.6 Å². The summed E-state index contributed by atoms with van der Waals surface area (Å²) < 4.78 is 0.823. The molecule has 1 rings (SSSR count). The van der Waals surface area contributed by atoms with Crippen LogP contribution in [0.15, 0.2) is 43.0 Å². The van der Waals surface area contributed by atoms with Gasteiger partial charge in [-0.2, -0.15) is 0 Å². The molecular formula is C16H25ClNO+. The molecule has 0 amide bonds. The van der Waals surface area contributed by atoms with Gasteiger partial charge in [-0.3, -0.25) is 4.79 Å². The first kappa shape index (κ1) is 17.9. The van der Waals surface area contributed by atoms with Crippen molar-refractivity contribution < 1.29 is 9.28 Å². The van der Waals surface area contributed by atoms with E-state index in [0.29, 0.717) is 6.42 Å². The minimum absolute atomic E-state index is 0.124. The van der Waals surface area contributed by atoms with E-state index in [9.17, 15) is 4.79 Å². The number of halogens is 1. The van der Waals surface area contributed by atoms with E-state index >= 15 is 0 Å². The van der Waals surface area contributed by atoms with Crippen molar-refractivity contribution >= 4 is 17.4 Å². The number of carbonyl (C=O) groups is 1. The Bertz CT molecular complexity index is 374. The third-order valence-corrected chi connectivity index (χ3v) is 2.64. The second-order valence-corrected chi connectivity index (χ2v) is 5.53. The summed E-state index contributed by atoms with van der Waals surface area (Å²) in [6.07, 6.45) is 1.98. The van der Waals surface area contributed by atoms with E-state index in [1.807, 2.05) is 25.1 Å². The fourth-order valence-corrected chi connectivity index (χ4v) is 1.67. The molecule has 0 saturated heterocycles. The maximum Gasteiger partial charge on any atom is 0.160 e. The number of carbonyl (C=O) groups excluding carboxylic acids is 1. The zero-order chi connectivity index (χ0) is 14.7. The molecule has 0 radical (unpaired) electrons. The van der Waals surface area contributed by atoms with Crippen LogP contribution in [0.5, 0.6) is 0 Å². The second-order valence-electron chi connectivity index (χ2n) is 4.99. The van der Waals surface area contributed by atoms with Crippen LogP contribution in [-0.4, -0.2) is 36.8 Å². The number of allylic oxidation sites excluding steroid dienone is 1. The second kappa shape index (κ2) is 9.76. The van der Waals surface area contributed by atoms with E-state index in [1.54, 1.807) is 0 Å². The Kier molecular flexibility index (Phi) is 9.19. The minimum atomic E-state index is 0.124. The van der Waals surface area contributed by atoms with Gasteiger partial charge >= 0.3 is 0 Å². The number of hydrogen-bond acceptors (Lipinski definition) is 1. The molecule has 1 aromatic rings. The highest BCUT2D eigenvalue weighted by Gasteiger charge is 2.16. The van der Waals surface area contributed by atoms with Gasteiger partial charge in [0.05, 0.1) is 27.1 Å². The molecule has 0 saturated carbocycles. The van der Waals surface area contributed by atoms with Crippen LogP contribution in [-0.2, 0) is 11.3 Å². The van der Waals surface area contributed by atoms with Gasteiger partial charge in [0.25, 0.3) is 0 Å². The number of rotatable bonds is 6. The first-order valence-corrected chi connectivity index (χ1v) is 7.05. The standard InChI is InChI=1S/C14H20NO.C2H5Cl/c1-4-14(16)10-11-15(2,3)12-13-8-6-5-7-9-13;1-2-3/h4-9H,1,10-12H2,2-3H3;2H2,1H3/q+1;. The predicted molar refractivity (Wildman–Crippen MR) is 83.3 cm³/mol. The van der Waals surface area contributed by atoms with Crippen molar-refractivity contribution in [2.24, 2.45) is 0 Å².